The average molecular weight is 336 g/mol. The van der Waals surface area contributed by atoms with Gasteiger partial charge in [-0.3, -0.25) is 20.2 Å². The highest BCUT2D eigenvalue weighted by Gasteiger charge is 2.46. The van der Waals surface area contributed by atoms with E-state index >= 15 is 0 Å². The Morgan fingerprint density at radius 1 is 1.38 bits per heavy atom. The Bertz CT molecular complexity index is 681. The number of amides is 1. The van der Waals surface area contributed by atoms with Gasteiger partial charge in [0.05, 0.1) is 12.1 Å². The van der Waals surface area contributed by atoms with Gasteiger partial charge in [0.25, 0.3) is 5.72 Å². The number of esters is 1. The van der Waals surface area contributed by atoms with Crippen molar-refractivity contribution in [2.45, 2.75) is 38.5 Å². The van der Waals surface area contributed by atoms with Crippen LogP contribution in [0.15, 0.2) is 24.3 Å². The highest BCUT2D eigenvalue weighted by Crippen LogP contribution is 2.35. The molecule has 1 atom stereocenters. The number of aliphatic carboxylic acids is 1. The molecule has 0 radical (unpaired) electrons. The van der Waals surface area contributed by atoms with Crippen molar-refractivity contribution in [2.75, 3.05) is 11.4 Å². The highest BCUT2D eigenvalue weighted by atomic mass is 16.6. The molecule has 1 amide bonds. The van der Waals surface area contributed by atoms with Crippen LogP contribution in [0.1, 0.15) is 27.2 Å². The molecule has 0 fully saturated rings. The van der Waals surface area contributed by atoms with Crippen molar-refractivity contribution < 1.29 is 29.0 Å². The van der Waals surface area contributed by atoms with Crippen LogP contribution in [0.3, 0.4) is 0 Å². The Balaban J connectivity index is 2.43. The number of nitrogens with zero attached hydrogens (tertiary/aromatic N) is 1. The van der Waals surface area contributed by atoms with Crippen molar-refractivity contribution in [2.24, 2.45) is 5.73 Å². The van der Waals surface area contributed by atoms with Gasteiger partial charge in [0.2, 0.25) is 5.91 Å². The molecule has 0 saturated carbocycles. The van der Waals surface area contributed by atoms with Crippen molar-refractivity contribution in [1.29, 1.82) is 0 Å². The minimum Gasteiger partial charge on any atom is -0.480 e. The monoisotopic (exact) mass is 336 g/mol. The molecule has 24 heavy (non-hydrogen) atoms. The summed E-state index contributed by atoms with van der Waals surface area (Å²) in [6.45, 7) is 4.43. The molecule has 2 rings (SSSR count). The first kappa shape index (κ1) is 17.7. The lowest BCUT2D eigenvalue weighted by Gasteiger charge is -2.29. The Kier molecular flexibility index (Phi) is 4.52. The zero-order chi connectivity index (χ0) is 18.1. The molecule has 0 bridgehead atoms. The number of hydrogen-bond acceptors (Lipinski definition) is 6. The first-order chi connectivity index (χ1) is 11.0. The van der Waals surface area contributed by atoms with E-state index in [2.05, 4.69) is 0 Å². The van der Waals surface area contributed by atoms with E-state index in [9.17, 15) is 14.4 Å². The molecule has 130 valence electrons. The summed E-state index contributed by atoms with van der Waals surface area (Å²) in [5, 5.41) is 9.04. The first-order valence-corrected chi connectivity index (χ1v) is 7.34. The predicted octanol–water partition coefficient (Wildman–Crippen LogP) is 0.883. The van der Waals surface area contributed by atoms with Crippen molar-refractivity contribution in [3.05, 3.63) is 24.3 Å². The van der Waals surface area contributed by atoms with Crippen LogP contribution in [0.5, 0.6) is 5.75 Å². The lowest BCUT2D eigenvalue weighted by atomic mass is 10.1. The Hall–Kier alpha value is -2.61. The van der Waals surface area contributed by atoms with E-state index in [1.165, 1.54) is 12.1 Å². The molecule has 3 N–H and O–H groups in total. The molecule has 1 aliphatic rings. The highest BCUT2D eigenvalue weighted by molar-refractivity contribution is 6.02. The van der Waals surface area contributed by atoms with Crippen molar-refractivity contribution in [3.63, 3.8) is 0 Å². The second-order valence-electron chi connectivity index (χ2n) is 6.51. The summed E-state index contributed by atoms with van der Waals surface area (Å²) >= 11 is 0. The fourth-order valence-electron chi connectivity index (χ4n) is 2.24. The minimum absolute atomic E-state index is 0.137. The zero-order valence-electron chi connectivity index (χ0n) is 13.7. The number of nitrogens with two attached hydrogens (primary N) is 1. The third kappa shape index (κ3) is 3.83. The Morgan fingerprint density at radius 2 is 2.00 bits per heavy atom. The molecule has 0 aromatic heterocycles. The molecule has 8 heteroatoms. The molecule has 1 unspecified atom stereocenters. The quantitative estimate of drug-likeness (QED) is 0.786. The van der Waals surface area contributed by atoms with Gasteiger partial charge in [0, 0.05) is 0 Å². The van der Waals surface area contributed by atoms with Crippen molar-refractivity contribution >= 4 is 23.5 Å². The van der Waals surface area contributed by atoms with Crippen molar-refractivity contribution in [1.82, 2.24) is 0 Å². The summed E-state index contributed by atoms with van der Waals surface area (Å²) in [5.41, 5.74) is 3.40. The fraction of sp³-hybridized carbons (Fsp3) is 0.438. The molecule has 0 saturated heterocycles. The number of benzene rings is 1. The molecule has 1 aromatic carbocycles. The molecule has 8 nitrogen and oxygen atoms in total. The van der Waals surface area contributed by atoms with Gasteiger partial charge in [-0.2, -0.15) is 0 Å². The van der Waals surface area contributed by atoms with Crippen LogP contribution in [0, 0.1) is 0 Å². The van der Waals surface area contributed by atoms with E-state index < -0.39 is 42.1 Å². The van der Waals surface area contributed by atoms with Crippen molar-refractivity contribution in [3.8, 4) is 5.75 Å². The summed E-state index contributed by atoms with van der Waals surface area (Å²) in [4.78, 5) is 37.0. The lowest BCUT2D eigenvalue weighted by Crippen LogP contribution is -2.57. The number of para-hydroxylation sites is 2. The van der Waals surface area contributed by atoms with Gasteiger partial charge in [-0.1, -0.05) is 12.1 Å². The lowest BCUT2D eigenvalue weighted by molar-refractivity contribution is -0.175. The average Bonchev–Trinajstić information content (AvgIpc) is 2.53. The topological polar surface area (TPSA) is 119 Å². The zero-order valence-corrected chi connectivity index (χ0v) is 13.7. The van der Waals surface area contributed by atoms with Crippen LogP contribution in [0.25, 0.3) is 0 Å². The van der Waals surface area contributed by atoms with Gasteiger partial charge < -0.3 is 14.6 Å². The summed E-state index contributed by atoms with van der Waals surface area (Å²) < 4.78 is 10.8. The van der Waals surface area contributed by atoms with Crippen LogP contribution in [-0.2, 0) is 19.1 Å². The number of rotatable bonds is 3. The largest absolute Gasteiger partial charge is 0.480 e. The van der Waals surface area contributed by atoms with Crippen LogP contribution in [0.2, 0.25) is 0 Å². The number of carbonyl (C=O) groups is 3. The van der Waals surface area contributed by atoms with E-state index in [0.717, 1.165) is 4.90 Å². The molecule has 1 aromatic rings. The summed E-state index contributed by atoms with van der Waals surface area (Å²) in [7, 11) is 0. The van der Waals surface area contributed by atoms with E-state index in [1.54, 1.807) is 32.9 Å². The number of carboxylic acids is 1. The maximum atomic E-state index is 12.5. The molecule has 1 aliphatic heterocycles. The molecule has 0 spiro atoms. The molecular weight excluding hydrogens is 316 g/mol. The van der Waals surface area contributed by atoms with E-state index in [-0.39, 0.29) is 11.4 Å². The number of carboxylic acid groups (broad SMARTS) is 1. The number of fused-ring (bicyclic) bond motifs is 1. The number of anilines is 1. The van der Waals surface area contributed by atoms with Crippen LogP contribution >= 0.6 is 0 Å². The predicted molar refractivity (Wildman–Crippen MR) is 84.4 cm³/mol. The number of ether oxygens (including phenoxy) is 2. The molecule has 1 heterocycles. The summed E-state index contributed by atoms with van der Waals surface area (Å²) in [6.07, 6.45) is -0.538. The molecule has 0 aliphatic carbocycles. The fourth-order valence-corrected chi connectivity index (χ4v) is 2.24. The van der Waals surface area contributed by atoms with E-state index in [4.69, 9.17) is 20.3 Å². The second-order valence-corrected chi connectivity index (χ2v) is 6.51. The van der Waals surface area contributed by atoms with Gasteiger partial charge >= 0.3 is 11.9 Å². The SMILES string of the molecule is CC(C)(C)OC(=O)C1(N)CC(=O)N(CC(=O)O)c2ccccc2O1. The maximum absolute atomic E-state index is 12.5. The van der Waals surface area contributed by atoms with E-state index in [1.807, 2.05) is 0 Å². The minimum atomic E-state index is -2.03. The maximum Gasteiger partial charge on any atom is 0.367 e. The van der Waals surface area contributed by atoms with Gasteiger partial charge in [-0.05, 0) is 32.9 Å². The van der Waals surface area contributed by atoms with Gasteiger partial charge in [-0.25, -0.2) is 4.79 Å². The normalized spacial score (nSPS) is 20.7. The van der Waals surface area contributed by atoms with Crippen LogP contribution in [0.4, 0.5) is 5.69 Å². The van der Waals surface area contributed by atoms with Crippen LogP contribution < -0.4 is 15.4 Å². The summed E-state index contributed by atoms with van der Waals surface area (Å²) in [6, 6.07) is 6.29. The summed E-state index contributed by atoms with van der Waals surface area (Å²) in [5.74, 6) is -2.59. The third-order valence-corrected chi connectivity index (χ3v) is 3.20. The Morgan fingerprint density at radius 3 is 2.58 bits per heavy atom. The number of hydrogen-bond donors (Lipinski definition) is 2. The van der Waals surface area contributed by atoms with Gasteiger partial charge in [0.1, 0.15) is 17.9 Å². The van der Waals surface area contributed by atoms with Gasteiger partial charge in [-0.15, -0.1) is 0 Å². The number of carbonyl (C=O) groups excluding carboxylic acids is 2. The first-order valence-electron chi connectivity index (χ1n) is 7.34. The Labute approximate surface area is 139 Å². The standard InChI is InChI=1S/C16H20N2O6/c1-15(2,3)24-14(22)16(17)8-12(19)18(9-13(20)21)10-6-4-5-7-11(10)23-16/h4-7H,8-9,17H2,1-3H3,(H,20,21). The smallest absolute Gasteiger partial charge is 0.367 e. The van der Waals surface area contributed by atoms with E-state index in [0.29, 0.717) is 0 Å². The second kappa shape index (κ2) is 6.12. The van der Waals surface area contributed by atoms with Gasteiger partial charge in [0.15, 0.2) is 0 Å². The molecular formula is C16H20N2O6. The van der Waals surface area contributed by atoms with Crippen LogP contribution in [-0.4, -0.2) is 40.8 Å². The third-order valence-electron chi connectivity index (χ3n) is 3.20.